The van der Waals surface area contributed by atoms with Gasteiger partial charge in [-0.2, -0.15) is 5.10 Å². The van der Waals surface area contributed by atoms with Crippen LogP contribution >= 0.6 is 0 Å². The summed E-state index contributed by atoms with van der Waals surface area (Å²) in [5.41, 5.74) is 5.47. The fourth-order valence-corrected chi connectivity index (χ4v) is 5.48. The minimum absolute atomic E-state index is 0.00384. The standard InChI is InChI=1S/C34H39N3O3/c1-22-10-17-27(18-11-22)35-32(38)26-16-19-31-30(20-26)23(2)36-37(31)21-24-12-14-25(15-13-24)28-8-6-7-9-29(28)33(39)40-34(3,4)5/h6-9,12-16,19-20,22,27H,10-11,17-18,21H2,1-5H3,(H,35,38). The van der Waals surface area contributed by atoms with E-state index in [0.717, 1.165) is 52.0 Å². The van der Waals surface area contributed by atoms with E-state index in [2.05, 4.69) is 24.4 Å². The van der Waals surface area contributed by atoms with Crippen molar-refractivity contribution >= 4 is 22.8 Å². The first-order valence-electron chi connectivity index (χ1n) is 14.3. The Kier molecular flexibility index (Phi) is 7.79. The lowest BCUT2D eigenvalue weighted by Gasteiger charge is -2.26. The monoisotopic (exact) mass is 537 g/mol. The van der Waals surface area contributed by atoms with Crippen LogP contribution < -0.4 is 5.32 Å². The van der Waals surface area contributed by atoms with Gasteiger partial charge in [0.1, 0.15) is 5.60 Å². The molecule has 4 aromatic rings. The lowest BCUT2D eigenvalue weighted by Crippen LogP contribution is -2.37. The maximum Gasteiger partial charge on any atom is 0.339 e. The summed E-state index contributed by atoms with van der Waals surface area (Å²) >= 11 is 0. The number of ether oxygens (including phenoxy) is 1. The molecule has 208 valence electrons. The van der Waals surface area contributed by atoms with Gasteiger partial charge in [0, 0.05) is 17.0 Å². The van der Waals surface area contributed by atoms with E-state index >= 15 is 0 Å². The first kappa shape index (κ1) is 27.6. The van der Waals surface area contributed by atoms with Crippen molar-refractivity contribution in [3.63, 3.8) is 0 Å². The summed E-state index contributed by atoms with van der Waals surface area (Å²) < 4.78 is 7.61. The van der Waals surface area contributed by atoms with Crippen LogP contribution in [-0.4, -0.2) is 33.3 Å². The Morgan fingerprint density at radius 3 is 2.38 bits per heavy atom. The van der Waals surface area contributed by atoms with E-state index in [9.17, 15) is 9.59 Å². The molecule has 1 aliphatic carbocycles. The number of aryl methyl sites for hydroxylation is 1. The number of hydrogen-bond donors (Lipinski definition) is 1. The maximum absolute atomic E-state index is 13.0. The molecule has 40 heavy (non-hydrogen) atoms. The lowest BCUT2D eigenvalue weighted by molar-refractivity contribution is 0.00703. The molecule has 5 rings (SSSR count). The van der Waals surface area contributed by atoms with Gasteiger partial charge < -0.3 is 10.1 Å². The molecule has 0 bridgehead atoms. The van der Waals surface area contributed by atoms with Gasteiger partial charge in [-0.1, -0.05) is 49.4 Å². The van der Waals surface area contributed by atoms with Crippen LogP contribution in [0.2, 0.25) is 0 Å². The summed E-state index contributed by atoms with van der Waals surface area (Å²) in [5.74, 6) is 0.421. The molecule has 0 saturated heterocycles. The normalized spacial score (nSPS) is 17.5. The van der Waals surface area contributed by atoms with Crippen molar-refractivity contribution in [2.75, 3.05) is 0 Å². The van der Waals surface area contributed by atoms with E-state index in [-0.39, 0.29) is 17.9 Å². The van der Waals surface area contributed by atoms with Crippen LogP contribution in [0, 0.1) is 12.8 Å². The summed E-state index contributed by atoms with van der Waals surface area (Å²) in [6.07, 6.45) is 4.45. The molecule has 1 aliphatic rings. The molecular formula is C34H39N3O3. The number of esters is 1. The van der Waals surface area contributed by atoms with E-state index in [0.29, 0.717) is 17.7 Å². The number of amides is 1. The van der Waals surface area contributed by atoms with Gasteiger partial charge in [-0.15, -0.1) is 0 Å². The van der Waals surface area contributed by atoms with Crippen molar-refractivity contribution in [3.8, 4) is 11.1 Å². The Labute approximate surface area is 236 Å². The molecule has 0 spiro atoms. The Bertz CT molecular complexity index is 1520. The summed E-state index contributed by atoms with van der Waals surface area (Å²) in [7, 11) is 0. The first-order valence-corrected chi connectivity index (χ1v) is 14.3. The number of aromatic nitrogens is 2. The molecule has 0 aliphatic heterocycles. The average Bonchev–Trinajstić information content (AvgIpc) is 3.23. The molecule has 1 fully saturated rings. The summed E-state index contributed by atoms with van der Waals surface area (Å²) in [4.78, 5) is 25.8. The largest absolute Gasteiger partial charge is 0.456 e. The van der Waals surface area contributed by atoms with E-state index < -0.39 is 5.60 Å². The highest BCUT2D eigenvalue weighted by Crippen LogP contribution is 2.28. The molecule has 0 radical (unpaired) electrons. The predicted molar refractivity (Wildman–Crippen MR) is 160 cm³/mol. The number of hydrogen-bond acceptors (Lipinski definition) is 4. The molecule has 3 aromatic carbocycles. The second-order valence-corrected chi connectivity index (χ2v) is 12.1. The molecular weight excluding hydrogens is 498 g/mol. The summed E-state index contributed by atoms with van der Waals surface area (Å²) in [6.45, 7) is 10.5. The highest BCUT2D eigenvalue weighted by molar-refractivity contribution is 5.99. The SMILES string of the molecule is Cc1nn(Cc2ccc(-c3ccccc3C(=O)OC(C)(C)C)cc2)c2ccc(C(=O)NC3CCC(C)CC3)cc12. The molecule has 6 heteroatoms. The van der Waals surface area contributed by atoms with Gasteiger partial charge in [0.2, 0.25) is 0 Å². The molecule has 0 atom stereocenters. The van der Waals surface area contributed by atoms with Gasteiger partial charge in [0.25, 0.3) is 5.91 Å². The summed E-state index contributed by atoms with van der Waals surface area (Å²) in [6, 6.07) is 21.9. The number of carbonyl (C=O) groups excluding carboxylic acids is 2. The highest BCUT2D eigenvalue weighted by Gasteiger charge is 2.22. The third-order valence-electron chi connectivity index (χ3n) is 7.69. The molecule has 1 aromatic heterocycles. The number of nitrogens with one attached hydrogen (secondary N) is 1. The molecule has 1 N–H and O–H groups in total. The van der Waals surface area contributed by atoms with Gasteiger partial charge in [0.15, 0.2) is 0 Å². The van der Waals surface area contributed by atoms with E-state index in [1.807, 2.05) is 80.9 Å². The molecule has 1 heterocycles. The predicted octanol–water partition coefficient (Wildman–Crippen LogP) is 7.32. The Balaban J connectivity index is 1.32. The van der Waals surface area contributed by atoms with Crippen molar-refractivity contribution < 1.29 is 14.3 Å². The number of nitrogens with zero attached hydrogens (tertiary/aromatic N) is 2. The summed E-state index contributed by atoms with van der Waals surface area (Å²) in [5, 5.41) is 9.01. The second kappa shape index (κ2) is 11.3. The van der Waals surface area contributed by atoms with Gasteiger partial charge in [-0.3, -0.25) is 9.48 Å². The smallest absolute Gasteiger partial charge is 0.339 e. The van der Waals surface area contributed by atoms with Crippen molar-refractivity contribution in [3.05, 3.63) is 89.1 Å². The lowest BCUT2D eigenvalue weighted by atomic mass is 9.87. The fourth-order valence-electron chi connectivity index (χ4n) is 5.48. The number of benzene rings is 3. The van der Waals surface area contributed by atoms with Crippen LogP contribution in [0.25, 0.3) is 22.0 Å². The van der Waals surface area contributed by atoms with Gasteiger partial charge in [0.05, 0.1) is 23.3 Å². The van der Waals surface area contributed by atoms with Crippen LogP contribution in [0.3, 0.4) is 0 Å². The zero-order valence-electron chi connectivity index (χ0n) is 24.2. The average molecular weight is 538 g/mol. The van der Waals surface area contributed by atoms with Gasteiger partial charge in [-0.05, 0) is 100 Å². The molecule has 1 saturated carbocycles. The van der Waals surface area contributed by atoms with Crippen LogP contribution in [0.5, 0.6) is 0 Å². The van der Waals surface area contributed by atoms with E-state index in [1.165, 1.54) is 12.8 Å². The number of rotatable bonds is 6. The third kappa shape index (κ3) is 6.27. The third-order valence-corrected chi connectivity index (χ3v) is 7.69. The quantitative estimate of drug-likeness (QED) is 0.262. The van der Waals surface area contributed by atoms with Crippen LogP contribution in [-0.2, 0) is 11.3 Å². The van der Waals surface area contributed by atoms with Crippen LogP contribution in [0.15, 0.2) is 66.7 Å². The Morgan fingerprint density at radius 2 is 1.68 bits per heavy atom. The topological polar surface area (TPSA) is 73.2 Å². The van der Waals surface area contributed by atoms with E-state index in [4.69, 9.17) is 9.84 Å². The van der Waals surface area contributed by atoms with Crippen molar-refractivity contribution in [1.82, 2.24) is 15.1 Å². The van der Waals surface area contributed by atoms with E-state index in [1.54, 1.807) is 6.07 Å². The second-order valence-electron chi connectivity index (χ2n) is 12.1. The molecule has 0 unspecified atom stereocenters. The minimum Gasteiger partial charge on any atom is -0.456 e. The minimum atomic E-state index is -0.558. The maximum atomic E-state index is 13.0. The zero-order chi connectivity index (χ0) is 28.4. The Hall–Kier alpha value is -3.93. The fraction of sp³-hybridized carbons (Fsp3) is 0.382. The molecule has 6 nitrogen and oxygen atoms in total. The van der Waals surface area contributed by atoms with Gasteiger partial charge >= 0.3 is 5.97 Å². The highest BCUT2D eigenvalue weighted by atomic mass is 16.6. The van der Waals surface area contributed by atoms with Crippen LogP contribution in [0.4, 0.5) is 0 Å². The first-order chi connectivity index (χ1) is 19.1. The Morgan fingerprint density at radius 1 is 0.975 bits per heavy atom. The van der Waals surface area contributed by atoms with Crippen molar-refractivity contribution in [2.24, 2.45) is 5.92 Å². The van der Waals surface area contributed by atoms with Crippen molar-refractivity contribution in [1.29, 1.82) is 0 Å². The van der Waals surface area contributed by atoms with Crippen molar-refractivity contribution in [2.45, 2.75) is 78.5 Å². The van der Waals surface area contributed by atoms with Crippen LogP contribution in [0.1, 0.15) is 85.4 Å². The molecule has 1 amide bonds. The number of fused-ring (bicyclic) bond motifs is 1. The zero-order valence-corrected chi connectivity index (χ0v) is 24.2. The number of carbonyl (C=O) groups is 2. The van der Waals surface area contributed by atoms with Gasteiger partial charge in [-0.25, -0.2) is 4.79 Å².